The Kier molecular flexibility index (Phi) is 5.56. The average Bonchev–Trinajstić information content (AvgIpc) is 2.62. The highest BCUT2D eigenvalue weighted by atomic mass is 16.5. The van der Waals surface area contributed by atoms with Gasteiger partial charge in [0, 0.05) is 12.0 Å². The fraction of sp³-hybridized carbons (Fsp3) is 0.333. The summed E-state index contributed by atoms with van der Waals surface area (Å²) in [4.78, 5) is 23.3. The highest BCUT2D eigenvalue weighted by Crippen LogP contribution is 2.44. The van der Waals surface area contributed by atoms with Gasteiger partial charge in [-0.25, -0.2) is 0 Å². The minimum atomic E-state index is -0.869. The van der Waals surface area contributed by atoms with Crippen LogP contribution in [0.5, 0.6) is 5.75 Å². The molecule has 1 fully saturated rings. The molecule has 0 saturated heterocycles. The van der Waals surface area contributed by atoms with Gasteiger partial charge in [-0.15, -0.1) is 0 Å². The Hall–Kier alpha value is -2.82. The summed E-state index contributed by atoms with van der Waals surface area (Å²) in [6.45, 7) is 0.674. The van der Waals surface area contributed by atoms with E-state index in [1.807, 2.05) is 54.6 Å². The van der Waals surface area contributed by atoms with Crippen LogP contribution in [0.1, 0.15) is 25.7 Å². The van der Waals surface area contributed by atoms with E-state index in [4.69, 9.17) is 4.74 Å². The van der Waals surface area contributed by atoms with Crippen molar-refractivity contribution in [2.75, 3.05) is 13.2 Å². The van der Waals surface area contributed by atoms with Gasteiger partial charge < -0.3 is 15.2 Å². The van der Waals surface area contributed by atoms with Crippen LogP contribution < -0.4 is 10.1 Å². The van der Waals surface area contributed by atoms with Gasteiger partial charge in [-0.1, -0.05) is 55.0 Å². The van der Waals surface area contributed by atoms with Crippen LogP contribution in [0.4, 0.5) is 0 Å². The fourth-order valence-corrected chi connectivity index (χ4v) is 3.24. The number of hydrogen-bond donors (Lipinski definition) is 2. The second kappa shape index (κ2) is 8.04. The third kappa shape index (κ3) is 4.04. The Labute approximate surface area is 153 Å². The number of nitrogens with one attached hydrogen (secondary N) is 1. The van der Waals surface area contributed by atoms with Crippen LogP contribution in [-0.4, -0.2) is 30.1 Å². The van der Waals surface area contributed by atoms with Crippen LogP contribution in [0.25, 0.3) is 11.1 Å². The second-order valence-electron chi connectivity index (χ2n) is 6.68. The highest BCUT2D eigenvalue weighted by Gasteiger charge is 2.45. The molecule has 0 bridgehead atoms. The van der Waals surface area contributed by atoms with Gasteiger partial charge in [-0.05, 0) is 24.5 Å². The molecule has 0 unspecified atom stereocenters. The van der Waals surface area contributed by atoms with Gasteiger partial charge in [-0.2, -0.15) is 0 Å². The molecule has 0 aliphatic heterocycles. The van der Waals surface area contributed by atoms with Gasteiger partial charge in [0.15, 0.2) is 0 Å². The van der Waals surface area contributed by atoms with Crippen molar-refractivity contribution in [1.82, 2.24) is 5.32 Å². The average molecular weight is 353 g/mol. The van der Waals surface area contributed by atoms with E-state index in [-0.39, 0.29) is 12.3 Å². The molecule has 1 saturated carbocycles. The Morgan fingerprint density at radius 1 is 1.04 bits per heavy atom. The SMILES string of the molecule is O=C(CC1(C(=O)O)CCC1)NCCOc1ccccc1-c1ccccc1. The second-order valence-corrected chi connectivity index (χ2v) is 6.68. The molecule has 1 amide bonds. The van der Waals surface area contributed by atoms with Gasteiger partial charge in [0.2, 0.25) is 5.91 Å². The summed E-state index contributed by atoms with van der Waals surface area (Å²) >= 11 is 0. The number of carboxylic acids is 1. The first kappa shape index (κ1) is 18.0. The maximum absolute atomic E-state index is 12.0. The van der Waals surface area contributed by atoms with E-state index < -0.39 is 11.4 Å². The Bertz CT molecular complexity index is 769. The van der Waals surface area contributed by atoms with Crippen LogP contribution in [0.2, 0.25) is 0 Å². The number of para-hydroxylation sites is 1. The molecule has 1 aliphatic carbocycles. The lowest BCUT2D eigenvalue weighted by Crippen LogP contribution is -2.43. The predicted molar refractivity (Wildman–Crippen MR) is 98.9 cm³/mol. The standard InChI is InChI=1S/C21H23NO4/c23-19(15-21(20(24)25)11-6-12-21)22-13-14-26-18-10-5-4-9-17(18)16-7-2-1-3-8-16/h1-5,7-10H,6,11-15H2,(H,22,23)(H,24,25). The molecule has 5 nitrogen and oxygen atoms in total. The Morgan fingerprint density at radius 3 is 2.38 bits per heavy atom. The fourth-order valence-electron chi connectivity index (χ4n) is 3.24. The first-order valence-corrected chi connectivity index (χ1v) is 8.88. The molecule has 5 heteroatoms. The molecule has 0 atom stereocenters. The molecule has 0 spiro atoms. The quantitative estimate of drug-likeness (QED) is 0.712. The summed E-state index contributed by atoms with van der Waals surface area (Å²) in [5.41, 5.74) is 1.21. The van der Waals surface area contributed by atoms with E-state index in [0.29, 0.717) is 26.0 Å². The van der Waals surface area contributed by atoms with Gasteiger partial charge in [0.1, 0.15) is 12.4 Å². The number of hydrogen-bond acceptors (Lipinski definition) is 3. The summed E-state index contributed by atoms with van der Waals surface area (Å²) in [5.74, 6) is -0.340. The molecular formula is C21H23NO4. The molecule has 136 valence electrons. The zero-order chi connectivity index (χ0) is 18.4. The van der Waals surface area contributed by atoms with Gasteiger partial charge in [-0.3, -0.25) is 9.59 Å². The van der Waals surface area contributed by atoms with Crippen molar-refractivity contribution in [3.63, 3.8) is 0 Å². The minimum Gasteiger partial charge on any atom is -0.491 e. The van der Waals surface area contributed by atoms with E-state index in [1.165, 1.54) is 0 Å². The molecule has 0 radical (unpaired) electrons. The first-order valence-electron chi connectivity index (χ1n) is 8.88. The number of carbonyl (C=O) groups is 2. The number of carbonyl (C=O) groups excluding carboxylic acids is 1. The maximum atomic E-state index is 12.0. The van der Waals surface area contributed by atoms with Crippen molar-refractivity contribution in [1.29, 1.82) is 0 Å². The molecule has 2 aromatic rings. The molecule has 26 heavy (non-hydrogen) atoms. The van der Waals surface area contributed by atoms with Crippen molar-refractivity contribution < 1.29 is 19.4 Å². The highest BCUT2D eigenvalue weighted by molar-refractivity contribution is 5.85. The molecule has 2 aromatic carbocycles. The first-order chi connectivity index (χ1) is 12.6. The summed E-state index contributed by atoms with van der Waals surface area (Å²) in [7, 11) is 0. The van der Waals surface area contributed by atoms with Crippen molar-refractivity contribution >= 4 is 11.9 Å². The zero-order valence-corrected chi connectivity index (χ0v) is 14.6. The van der Waals surface area contributed by atoms with E-state index in [1.54, 1.807) is 0 Å². The van der Waals surface area contributed by atoms with Crippen molar-refractivity contribution in [3.8, 4) is 16.9 Å². The maximum Gasteiger partial charge on any atom is 0.310 e. The van der Waals surface area contributed by atoms with Crippen molar-refractivity contribution in [3.05, 3.63) is 54.6 Å². The normalized spacial score (nSPS) is 14.9. The van der Waals surface area contributed by atoms with Gasteiger partial charge in [0.25, 0.3) is 0 Å². The number of aliphatic carboxylic acids is 1. The van der Waals surface area contributed by atoms with E-state index in [0.717, 1.165) is 23.3 Å². The number of ether oxygens (including phenoxy) is 1. The molecule has 3 rings (SSSR count). The van der Waals surface area contributed by atoms with Crippen LogP contribution in [0, 0.1) is 5.41 Å². The van der Waals surface area contributed by atoms with Gasteiger partial charge in [0.05, 0.1) is 12.0 Å². The van der Waals surface area contributed by atoms with Crippen LogP contribution in [-0.2, 0) is 9.59 Å². The molecule has 0 heterocycles. The summed E-state index contributed by atoms with van der Waals surface area (Å²) in [6.07, 6.45) is 2.08. The number of benzene rings is 2. The monoisotopic (exact) mass is 353 g/mol. The number of amides is 1. The predicted octanol–water partition coefficient (Wildman–Crippen LogP) is 3.49. The van der Waals surface area contributed by atoms with E-state index in [9.17, 15) is 14.7 Å². The topological polar surface area (TPSA) is 75.6 Å². The number of rotatable bonds is 8. The largest absolute Gasteiger partial charge is 0.491 e. The lowest BCUT2D eigenvalue weighted by molar-refractivity contribution is -0.157. The van der Waals surface area contributed by atoms with Crippen LogP contribution >= 0.6 is 0 Å². The minimum absolute atomic E-state index is 0.0446. The third-order valence-electron chi connectivity index (χ3n) is 4.92. The van der Waals surface area contributed by atoms with Crippen molar-refractivity contribution in [2.45, 2.75) is 25.7 Å². The third-order valence-corrected chi connectivity index (χ3v) is 4.92. The molecular weight excluding hydrogens is 330 g/mol. The van der Waals surface area contributed by atoms with Crippen LogP contribution in [0.15, 0.2) is 54.6 Å². The molecule has 1 aliphatic rings. The Balaban J connectivity index is 1.50. The van der Waals surface area contributed by atoms with Crippen molar-refractivity contribution in [2.24, 2.45) is 5.41 Å². The Morgan fingerprint density at radius 2 is 1.73 bits per heavy atom. The summed E-state index contributed by atoms with van der Waals surface area (Å²) in [6, 6.07) is 17.7. The molecule has 2 N–H and O–H groups in total. The zero-order valence-electron chi connectivity index (χ0n) is 14.6. The summed E-state index contributed by atoms with van der Waals surface area (Å²) in [5, 5.41) is 12.1. The lowest BCUT2D eigenvalue weighted by atomic mass is 9.66. The smallest absolute Gasteiger partial charge is 0.310 e. The van der Waals surface area contributed by atoms with E-state index >= 15 is 0 Å². The van der Waals surface area contributed by atoms with Crippen LogP contribution in [0.3, 0.4) is 0 Å². The van der Waals surface area contributed by atoms with Gasteiger partial charge >= 0.3 is 5.97 Å². The van der Waals surface area contributed by atoms with E-state index in [2.05, 4.69) is 5.32 Å². The summed E-state index contributed by atoms with van der Waals surface area (Å²) < 4.78 is 5.83. The lowest BCUT2D eigenvalue weighted by Gasteiger charge is -2.36. The number of carboxylic acid groups (broad SMARTS) is 1. The molecule has 0 aromatic heterocycles.